The van der Waals surface area contributed by atoms with E-state index in [0.29, 0.717) is 21.8 Å². The van der Waals surface area contributed by atoms with Crippen molar-refractivity contribution in [2.45, 2.75) is 50.6 Å². The van der Waals surface area contributed by atoms with E-state index < -0.39 is 0 Å². The number of benzene rings is 1. The van der Waals surface area contributed by atoms with Crippen molar-refractivity contribution in [3.05, 3.63) is 43.9 Å². The molecule has 2 heterocycles. The zero-order valence-electron chi connectivity index (χ0n) is 16.9. The number of hydrogen-bond donors (Lipinski definition) is 3. The molecule has 0 radical (unpaired) electrons. The summed E-state index contributed by atoms with van der Waals surface area (Å²) in [4.78, 5) is 15.7. The minimum absolute atomic E-state index is 0.00506. The van der Waals surface area contributed by atoms with Crippen molar-refractivity contribution in [1.29, 1.82) is 0 Å². The van der Waals surface area contributed by atoms with E-state index in [1.54, 1.807) is 18.8 Å². The maximum atomic E-state index is 12.9. The van der Waals surface area contributed by atoms with E-state index in [1.807, 2.05) is 12.1 Å². The molecule has 1 aliphatic carbocycles. The second kappa shape index (κ2) is 8.20. The van der Waals surface area contributed by atoms with E-state index in [2.05, 4.69) is 10.3 Å². The van der Waals surface area contributed by atoms with E-state index in [4.69, 9.17) is 21.7 Å². The lowest BCUT2D eigenvalue weighted by molar-refractivity contribution is -0.690. The molecule has 1 atom stereocenters. The molecular weight excluding hydrogens is 390 g/mol. The number of methoxy groups -OCH3 is 2. The van der Waals surface area contributed by atoms with Gasteiger partial charge in [0.1, 0.15) is 11.6 Å². The Hall–Kier alpha value is -2.32. The Kier molecular flexibility index (Phi) is 5.65. The number of ether oxygens (including phenoxy) is 2. The summed E-state index contributed by atoms with van der Waals surface area (Å²) in [7, 11) is 3.21. The number of aromatic nitrogens is 2. The van der Waals surface area contributed by atoms with Gasteiger partial charge < -0.3 is 19.9 Å². The van der Waals surface area contributed by atoms with Crippen LogP contribution in [0.2, 0.25) is 0 Å². The zero-order valence-corrected chi connectivity index (χ0v) is 17.7. The first kappa shape index (κ1) is 20.0. The normalized spacial score (nSPS) is 19.6. The molecule has 4 rings (SSSR count). The zero-order chi connectivity index (χ0) is 20.5. The molecular formula is C21H28N3O4S+. The lowest BCUT2D eigenvalue weighted by Crippen LogP contribution is -2.87. The van der Waals surface area contributed by atoms with Crippen LogP contribution in [0.1, 0.15) is 60.9 Å². The number of fused-ring (bicyclic) bond motifs is 1. The van der Waals surface area contributed by atoms with Crippen LogP contribution in [0.25, 0.3) is 0 Å². The van der Waals surface area contributed by atoms with Crippen LogP contribution < -0.4 is 20.3 Å². The van der Waals surface area contributed by atoms with Crippen molar-refractivity contribution in [2.24, 2.45) is 0 Å². The van der Waals surface area contributed by atoms with E-state index >= 15 is 0 Å². The van der Waals surface area contributed by atoms with Crippen LogP contribution in [0.4, 0.5) is 0 Å². The number of nitrogens with two attached hydrogens (primary N) is 1. The Morgan fingerprint density at radius 2 is 1.86 bits per heavy atom. The number of nitrogens with zero attached hydrogens (tertiary/aromatic N) is 1. The topological polar surface area (TPSA) is 93.1 Å². The van der Waals surface area contributed by atoms with Crippen molar-refractivity contribution < 1.29 is 19.9 Å². The van der Waals surface area contributed by atoms with Gasteiger partial charge in [0.2, 0.25) is 5.88 Å². The third-order valence-electron chi connectivity index (χ3n) is 6.20. The van der Waals surface area contributed by atoms with Gasteiger partial charge in [-0.15, -0.1) is 0 Å². The summed E-state index contributed by atoms with van der Waals surface area (Å²) in [6.45, 7) is 0.811. The molecule has 0 bridgehead atoms. The number of aromatic hydroxyl groups is 1. The number of nitrogens with one attached hydrogen (secondary N) is 1. The van der Waals surface area contributed by atoms with E-state index in [0.717, 1.165) is 49.8 Å². The molecule has 0 unspecified atom stereocenters. The summed E-state index contributed by atoms with van der Waals surface area (Å²) in [6, 6.07) is 3.68. The van der Waals surface area contributed by atoms with E-state index in [1.165, 1.54) is 6.42 Å². The van der Waals surface area contributed by atoms with Crippen molar-refractivity contribution in [3.63, 3.8) is 0 Å². The first-order valence-corrected chi connectivity index (χ1v) is 10.6. The molecule has 156 valence electrons. The van der Waals surface area contributed by atoms with Crippen molar-refractivity contribution in [3.8, 4) is 17.4 Å². The molecule has 0 saturated heterocycles. The molecule has 1 fully saturated rings. The van der Waals surface area contributed by atoms with Gasteiger partial charge in [-0.2, -0.15) is 0 Å². The first-order valence-electron chi connectivity index (χ1n) is 10.2. The molecule has 1 aromatic carbocycles. The summed E-state index contributed by atoms with van der Waals surface area (Å²) in [5.41, 5.74) is 2.09. The molecule has 7 nitrogen and oxygen atoms in total. The van der Waals surface area contributed by atoms with Crippen LogP contribution in [0.5, 0.6) is 17.4 Å². The molecule has 8 heteroatoms. The highest BCUT2D eigenvalue weighted by Gasteiger charge is 2.34. The van der Waals surface area contributed by atoms with Crippen molar-refractivity contribution >= 4 is 12.2 Å². The minimum Gasteiger partial charge on any atom is -0.494 e. The number of quaternary nitrogens is 1. The van der Waals surface area contributed by atoms with Gasteiger partial charge >= 0.3 is 0 Å². The number of rotatable bonds is 4. The molecule has 29 heavy (non-hydrogen) atoms. The fraction of sp³-hybridized carbons (Fsp3) is 0.524. The Balaban J connectivity index is 1.86. The first-order chi connectivity index (χ1) is 14.0. The Morgan fingerprint density at radius 3 is 2.55 bits per heavy atom. The van der Waals surface area contributed by atoms with Gasteiger partial charge in [-0.3, -0.25) is 14.3 Å². The fourth-order valence-corrected chi connectivity index (χ4v) is 5.09. The van der Waals surface area contributed by atoms with E-state index in [9.17, 15) is 9.90 Å². The summed E-state index contributed by atoms with van der Waals surface area (Å²) < 4.78 is 13.0. The second-order valence-electron chi connectivity index (χ2n) is 7.82. The van der Waals surface area contributed by atoms with Gasteiger partial charge in [0.25, 0.3) is 5.56 Å². The Morgan fingerprint density at radius 1 is 1.17 bits per heavy atom. The largest absolute Gasteiger partial charge is 0.494 e. The molecule has 1 saturated carbocycles. The van der Waals surface area contributed by atoms with Gasteiger partial charge in [0.05, 0.1) is 20.8 Å². The van der Waals surface area contributed by atoms with Crippen LogP contribution in [0.3, 0.4) is 0 Å². The molecule has 0 amide bonds. The summed E-state index contributed by atoms with van der Waals surface area (Å²) in [6.07, 6.45) is 6.19. The average molecular weight is 419 g/mol. The van der Waals surface area contributed by atoms with Crippen LogP contribution in [-0.2, 0) is 6.42 Å². The highest BCUT2D eigenvalue weighted by molar-refractivity contribution is 7.71. The summed E-state index contributed by atoms with van der Waals surface area (Å²) >= 11 is 5.42. The predicted molar refractivity (Wildman–Crippen MR) is 112 cm³/mol. The van der Waals surface area contributed by atoms with Gasteiger partial charge in [-0.25, -0.2) is 0 Å². The van der Waals surface area contributed by atoms with Crippen LogP contribution >= 0.6 is 12.2 Å². The van der Waals surface area contributed by atoms with Crippen LogP contribution in [0, 0.1) is 4.77 Å². The Bertz CT molecular complexity index is 1020. The predicted octanol–water partition coefficient (Wildman–Crippen LogP) is 2.34. The Labute approximate surface area is 174 Å². The maximum Gasteiger partial charge on any atom is 0.265 e. The highest BCUT2D eigenvalue weighted by atomic mass is 32.1. The number of aromatic amines is 1. The van der Waals surface area contributed by atoms with Crippen molar-refractivity contribution in [2.75, 3.05) is 20.8 Å². The number of hydrogen-bond acceptors (Lipinski definition) is 5. The lowest BCUT2D eigenvalue weighted by Gasteiger charge is -2.29. The third-order valence-corrected chi connectivity index (χ3v) is 6.50. The fourth-order valence-electron chi connectivity index (χ4n) is 4.76. The molecule has 0 spiro atoms. The maximum absolute atomic E-state index is 12.9. The standard InChI is InChI=1S/C21H27N3O4S/c1-27-15-10-12-8-9-22-18(14(12)11-16(15)28-2)17-19(25)23-21(29)24(20(17)26)13-6-4-3-5-7-13/h10-11,13,18,22,26H,3-9H2,1-2H3,(H,23,25,29)/p+1/t18-/m1/s1. The lowest BCUT2D eigenvalue weighted by atomic mass is 9.89. The van der Waals surface area contributed by atoms with Gasteiger partial charge in [0, 0.05) is 18.0 Å². The highest BCUT2D eigenvalue weighted by Crippen LogP contribution is 2.38. The molecule has 4 N–H and O–H groups in total. The van der Waals surface area contributed by atoms with Crippen molar-refractivity contribution in [1.82, 2.24) is 9.55 Å². The molecule has 1 aromatic heterocycles. The van der Waals surface area contributed by atoms with Gasteiger partial charge in [-0.05, 0) is 42.8 Å². The van der Waals surface area contributed by atoms with Crippen LogP contribution in [0.15, 0.2) is 16.9 Å². The van der Waals surface area contributed by atoms with Gasteiger partial charge in [-0.1, -0.05) is 19.3 Å². The van der Waals surface area contributed by atoms with E-state index in [-0.39, 0.29) is 23.5 Å². The number of H-pyrrole nitrogens is 1. The minimum atomic E-state index is -0.330. The van der Waals surface area contributed by atoms with Crippen LogP contribution in [-0.4, -0.2) is 35.4 Å². The molecule has 2 aromatic rings. The van der Waals surface area contributed by atoms with Gasteiger partial charge in [0.15, 0.2) is 16.3 Å². The quantitative estimate of drug-likeness (QED) is 0.663. The second-order valence-corrected chi connectivity index (χ2v) is 8.20. The third kappa shape index (κ3) is 3.55. The monoisotopic (exact) mass is 418 g/mol. The summed E-state index contributed by atoms with van der Waals surface area (Å²) in [5.74, 6) is 1.28. The summed E-state index contributed by atoms with van der Waals surface area (Å²) in [5, 5.41) is 13.3. The molecule has 2 aliphatic rings. The average Bonchev–Trinajstić information content (AvgIpc) is 2.73. The smallest absolute Gasteiger partial charge is 0.265 e. The molecule has 1 aliphatic heterocycles. The SMILES string of the molecule is COc1cc2c(cc1OC)[C@H](c1c(O)n(C3CCCCC3)c(=S)[nH]c1=O)[NH2+]CC2.